The lowest BCUT2D eigenvalue weighted by Crippen LogP contribution is -2.31. The van der Waals surface area contributed by atoms with Crippen molar-refractivity contribution in [3.8, 4) is 6.07 Å². The van der Waals surface area contributed by atoms with Gasteiger partial charge in [-0.15, -0.1) is 0 Å². The van der Waals surface area contributed by atoms with Gasteiger partial charge in [-0.2, -0.15) is 5.26 Å². The number of nitrogens with zero attached hydrogens (tertiary/aromatic N) is 1. The van der Waals surface area contributed by atoms with Crippen LogP contribution in [0.1, 0.15) is 23.5 Å². The van der Waals surface area contributed by atoms with Crippen LogP contribution in [0.15, 0.2) is 34.9 Å². The summed E-state index contributed by atoms with van der Waals surface area (Å²) >= 11 is 1.09. The summed E-state index contributed by atoms with van der Waals surface area (Å²) in [6, 6.07) is 9.90. The maximum Gasteiger partial charge on any atom is 0.227 e. The van der Waals surface area contributed by atoms with Crippen molar-refractivity contribution in [1.29, 1.82) is 5.26 Å². The molecular weight excluding hydrogens is 286 g/mol. The number of carbonyl (C=O) groups excluding carboxylic acids is 2. The number of hydrogen-bond acceptors (Lipinski definition) is 4. The number of aryl methyl sites for hydroxylation is 1. The van der Waals surface area contributed by atoms with Crippen LogP contribution in [0.25, 0.3) is 0 Å². The standard InChI is InChI=1S/C15H15N3O2S/c1-9-2-4-10(5-3-9)11-6-14(20)18-15(12(11)7-16)21-8-13(17)19/h2-5,11H,6,8H2,1H3,(H2,17,19)(H,18,20)/t11-/m1/s1. The van der Waals surface area contributed by atoms with E-state index in [0.29, 0.717) is 10.6 Å². The first-order chi connectivity index (χ1) is 10.0. The molecule has 1 aliphatic rings. The van der Waals surface area contributed by atoms with E-state index in [4.69, 9.17) is 5.73 Å². The molecule has 0 radical (unpaired) electrons. The Morgan fingerprint density at radius 3 is 2.71 bits per heavy atom. The molecule has 0 bridgehead atoms. The van der Waals surface area contributed by atoms with Gasteiger partial charge in [-0.3, -0.25) is 9.59 Å². The third kappa shape index (κ3) is 3.64. The van der Waals surface area contributed by atoms with Crippen molar-refractivity contribution in [2.24, 2.45) is 5.73 Å². The second kappa shape index (κ2) is 6.46. The van der Waals surface area contributed by atoms with Gasteiger partial charge >= 0.3 is 0 Å². The number of hydrogen-bond donors (Lipinski definition) is 2. The Balaban J connectivity index is 2.36. The topological polar surface area (TPSA) is 96.0 Å². The molecule has 0 aliphatic carbocycles. The van der Waals surface area contributed by atoms with Crippen LogP contribution in [-0.4, -0.2) is 17.6 Å². The zero-order valence-corrected chi connectivity index (χ0v) is 12.4. The Kier molecular flexibility index (Phi) is 4.66. The van der Waals surface area contributed by atoms with E-state index >= 15 is 0 Å². The van der Waals surface area contributed by atoms with Gasteiger partial charge < -0.3 is 11.1 Å². The van der Waals surface area contributed by atoms with Gasteiger partial charge in [0.1, 0.15) is 0 Å². The third-order valence-electron chi connectivity index (χ3n) is 3.19. The zero-order chi connectivity index (χ0) is 15.4. The normalized spacial score (nSPS) is 18.1. The van der Waals surface area contributed by atoms with E-state index in [0.717, 1.165) is 22.9 Å². The van der Waals surface area contributed by atoms with E-state index in [1.807, 2.05) is 31.2 Å². The predicted octanol–water partition coefficient (Wildman–Crippen LogP) is 1.55. The van der Waals surface area contributed by atoms with Crippen LogP contribution in [0, 0.1) is 18.3 Å². The van der Waals surface area contributed by atoms with E-state index in [-0.39, 0.29) is 24.0 Å². The summed E-state index contributed by atoms with van der Waals surface area (Å²) in [5, 5.41) is 12.5. The first-order valence-electron chi connectivity index (χ1n) is 6.43. The Hall–Kier alpha value is -2.26. The molecule has 5 nitrogen and oxygen atoms in total. The molecule has 1 aliphatic heterocycles. The number of nitrogens with one attached hydrogen (secondary N) is 1. The number of primary amides is 1. The molecule has 0 fully saturated rings. The highest BCUT2D eigenvalue weighted by Gasteiger charge is 2.29. The van der Waals surface area contributed by atoms with Gasteiger partial charge in [0.05, 0.1) is 22.4 Å². The van der Waals surface area contributed by atoms with Crippen molar-refractivity contribution in [2.45, 2.75) is 19.3 Å². The van der Waals surface area contributed by atoms with Crippen LogP contribution in [0.2, 0.25) is 0 Å². The number of amides is 2. The fraction of sp³-hybridized carbons (Fsp3) is 0.267. The summed E-state index contributed by atoms with van der Waals surface area (Å²) in [4.78, 5) is 22.7. The monoisotopic (exact) mass is 301 g/mol. The smallest absolute Gasteiger partial charge is 0.227 e. The number of thioether (sulfide) groups is 1. The van der Waals surface area contributed by atoms with E-state index in [1.54, 1.807) is 0 Å². The van der Waals surface area contributed by atoms with Crippen LogP contribution < -0.4 is 11.1 Å². The van der Waals surface area contributed by atoms with Crippen LogP contribution in [0.5, 0.6) is 0 Å². The molecule has 1 aromatic rings. The van der Waals surface area contributed by atoms with Crippen molar-refractivity contribution < 1.29 is 9.59 Å². The van der Waals surface area contributed by atoms with Crippen LogP contribution in [-0.2, 0) is 9.59 Å². The largest absolute Gasteiger partial charge is 0.369 e. The molecule has 1 heterocycles. The number of benzene rings is 1. The number of allylic oxidation sites excluding steroid dienone is 1. The molecule has 0 saturated heterocycles. The molecule has 3 N–H and O–H groups in total. The Morgan fingerprint density at radius 1 is 1.48 bits per heavy atom. The lowest BCUT2D eigenvalue weighted by molar-refractivity contribution is -0.121. The highest BCUT2D eigenvalue weighted by molar-refractivity contribution is 8.03. The minimum Gasteiger partial charge on any atom is -0.369 e. The van der Waals surface area contributed by atoms with Crippen molar-refractivity contribution in [1.82, 2.24) is 5.32 Å². The van der Waals surface area contributed by atoms with E-state index in [1.165, 1.54) is 0 Å². The molecule has 1 atom stereocenters. The molecule has 2 rings (SSSR count). The van der Waals surface area contributed by atoms with Gasteiger partial charge in [0.2, 0.25) is 11.8 Å². The Morgan fingerprint density at radius 2 is 2.14 bits per heavy atom. The molecule has 0 spiro atoms. The minimum absolute atomic E-state index is 0.0292. The highest BCUT2D eigenvalue weighted by Crippen LogP contribution is 2.35. The lowest BCUT2D eigenvalue weighted by atomic mass is 9.87. The van der Waals surface area contributed by atoms with Gasteiger partial charge in [-0.25, -0.2) is 0 Å². The molecule has 0 saturated carbocycles. The minimum atomic E-state index is -0.489. The van der Waals surface area contributed by atoms with Crippen molar-refractivity contribution in [3.05, 3.63) is 46.0 Å². The molecular formula is C15H15N3O2S. The van der Waals surface area contributed by atoms with E-state index < -0.39 is 5.91 Å². The van der Waals surface area contributed by atoms with E-state index in [9.17, 15) is 14.9 Å². The number of carbonyl (C=O) groups is 2. The quantitative estimate of drug-likeness (QED) is 0.882. The Labute approximate surface area is 127 Å². The second-order valence-corrected chi connectivity index (χ2v) is 5.81. The first-order valence-corrected chi connectivity index (χ1v) is 7.41. The SMILES string of the molecule is Cc1ccc([C@H]2CC(=O)NC(SCC(N)=O)=C2C#N)cc1. The van der Waals surface area contributed by atoms with Crippen molar-refractivity contribution in [2.75, 3.05) is 5.75 Å². The summed E-state index contributed by atoms with van der Waals surface area (Å²) in [5.74, 6) is -0.899. The number of nitrogens with two attached hydrogens (primary N) is 1. The summed E-state index contributed by atoms with van der Waals surface area (Å²) in [6.07, 6.45) is 0.229. The maximum absolute atomic E-state index is 11.8. The molecule has 0 unspecified atom stereocenters. The molecule has 2 amide bonds. The summed E-state index contributed by atoms with van der Waals surface area (Å²) < 4.78 is 0. The highest BCUT2D eigenvalue weighted by atomic mass is 32.2. The fourth-order valence-electron chi connectivity index (χ4n) is 2.16. The van der Waals surface area contributed by atoms with Crippen molar-refractivity contribution >= 4 is 23.6 Å². The predicted molar refractivity (Wildman–Crippen MR) is 81.0 cm³/mol. The molecule has 0 aromatic heterocycles. The van der Waals surface area contributed by atoms with Crippen LogP contribution >= 0.6 is 11.8 Å². The Bertz CT molecular complexity index is 644. The average Bonchev–Trinajstić information content (AvgIpc) is 2.45. The van der Waals surface area contributed by atoms with Gasteiger partial charge in [0.25, 0.3) is 0 Å². The second-order valence-electron chi connectivity index (χ2n) is 4.83. The third-order valence-corrected chi connectivity index (χ3v) is 4.23. The zero-order valence-electron chi connectivity index (χ0n) is 11.6. The summed E-state index contributed by atoms with van der Waals surface area (Å²) in [7, 11) is 0. The van der Waals surface area contributed by atoms with Crippen molar-refractivity contribution in [3.63, 3.8) is 0 Å². The summed E-state index contributed by atoms with van der Waals surface area (Å²) in [5.41, 5.74) is 7.63. The van der Waals surface area contributed by atoms with Gasteiger partial charge in [0, 0.05) is 12.3 Å². The first kappa shape index (κ1) is 15.1. The van der Waals surface area contributed by atoms with E-state index in [2.05, 4.69) is 11.4 Å². The average molecular weight is 301 g/mol. The maximum atomic E-state index is 11.8. The molecule has 6 heteroatoms. The molecule has 108 valence electrons. The summed E-state index contributed by atoms with van der Waals surface area (Å²) in [6.45, 7) is 1.98. The van der Waals surface area contributed by atoms with Crippen LogP contribution in [0.4, 0.5) is 0 Å². The van der Waals surface area contributed by atoms with Gasteiger partial charge in [-0.05, 0) is 12.5 Å². The number of nitriles is 1. The van der Waals surface area contributed by atoms with Gasteiger partial charge in [0.15, 0.2) is 0 Å². The number of rotatable bonds is 4. The lowest BCUT2D eigenvalue weighted by Gasteiger charge is -2.25. The fourth-order valence-corrected chi connectivity index (χ4v) is 2.98. The van der Waals surface area contributed by atoms with Crippen LogP contribution in [0.3, 0.4) is 0 Å². The molecule has 1 aromatic carbocycles. The molecule has 21 heavy (non-hydrogen) atoms. The van der Waals surface area contributed by atoms with Gasteiger partial charge in [-0.1, -0.05) is 41.6 Å².